The molecule has 0 bridgehead atoms. The Morgan fingerprint density at radius 3 is 2.26 bits per heavy atom. The fourth-order valence-electron chi connectivity index (χ4n) is 2.17. The van der Waals surface area contributed by atoms with Crippen LogP contribution in [0.4, 0.5) is 0 Å². The maximum atomic E-state index is 5.63. The van der Waals surface area contributed by atoms with Gasteiger partial charge in [0.15, 0.2) is 0 Å². The van der Waals surface area contributed by atoms with E-state index in [9.17, 15) is 0 Å². The summed E-state index contributed by atoms with van der Waals surface area (Å²) in [5.74, 6) is 0.976. The Bertz CT molecular complexity index is 332. The molecule has 0 aromatic heterocycles. The van der Waals surface area contributed by atoms with Crippen molar-refractivity contribution in [2.45, 2.75) is 65.5 Å². The van der Waals surface area contributed by atoms with Gasteiger partial charge in [0.1, 0.15) is 5.75 Å². The summed E-state index contributed by atoms with van der Waals surface area (Å²) in [6, 6.07) is 9.54. The van der Waals surface area contributed by atoms with Gasteiger partial charge in [0.25, 0.3) is 0 Å². The fraction of sp³-hybridized carbons (Fsp3) is 0.647. The Morgan fingerprint density at radius 1 is 1.05 bits per heavy atom. The molecule has 0 aliphatic carbocycles. The van der Waals surface area contributed by atoms with Gasteiger partial charge in [0.05, 0.1) is 6.61 Å². The van der Waals surface area contributed by atoms with Crippen LogP contribution in [0.5, 0.6) is 5.75 Å². The van der Waals surface area contributed by atoms with E-state index in [0.29, 0.717) is 12.1 Å². The van der Waals surface area contributed by atoms with Crippen LogP contribution in [0.2, 0.25) is 0 Å². The summed E-state index contributed by atoms with van der Waals surface area (Å²) in [5.41, 5.74) is 1.37. The van der Waals surface area contributed by atoms with Gasteiger partial charge in [0.2, 0.25) is 0 Å². The van der Waals surface area contributed by atoms with Crippen molar-refractivity contribution in [2.24, 2.45) is 0 Å². The van der Waals surface area contributed by atoms with Crippen molar-refractivity contribution in [2.75, 3.05) is 6.61 Å². The molecule has 1 aromatic carbocycles. The molecule has 2 heteroatoms. The van der Waals surface area contributed by atoms with Crippen molar-refractivity contribution in [3.8, 4) is 5.75 Å². The Labute approximate surface area is 118 Å². The SMILES string of the molecule is CCCCC(NC(C)C)c1ccc(OCCC)cc1. The molecule has 108 valence electrons. The summed E-state index contributed by atoms with van der Waals surface area (Å²) in [7, 11) is 0. The lowest BCUT2D eigenvalue weighted by molar-refractivity contribution is 0.317. The van der Waals surface area contributed by atoms with Crippen LogP contribution in [-0.4, -0.2) is 12.6 Å². The lowest BCUT2D eigenvalue weighted by atomic mass is 10.0. The average molecular weight is 263 g/mol. The zero-order valence-electron chi connectivity index (χ0n) is 12.9. The van der Waals surface area contributed by atoms with Crippen molar-refractivity contribution in [3.63, 3.8) is 0 Å². The highest BCUT2D eigenvalue weighted by Gasteiger charge is 2.11. The zero-order valence-corrected chi connectivity index (χ0v) is 12.9. The first-order valence-electron chi connectivity index (χ1n) is 7.66. The molecule has 1 aromatic rings. The molecule has 0 aliphatic rings. The maximum absolute atomic E-state index is 5.63. The Balaban J connectivity index is 2.66. The third-order valence-corrected chi connectivity index (χ3v) is 3.14. The predicted octanol–water partition coefficient (Wildman–Crippen LogP) is 4.70. The van der Waals surface area contributed by atoms with Gasteiger partial charge in [-0.25, -0.2) is 0 Å². The summed E-state index contributed by atoms with van der Waals surface area (Å²) in [4.78, 5) is 0. The molecular weight excluding hydrogens is 234 g/mol. The normalized spacial score (nSPS) is 12.7. The number of ether oxygens (including phenoxy) is 1. The second-order valence-corrected chi connectivity index (χ2v) is 5.43. The first-order valence-corrected chi connectivity index (χ1v) is 7.66. The zero-order chi connectivity index (χ0) is 14.1. The highest BCUT2D eigenvalue weighted by molar-refractivity contribution is 5.29. The monoisotopic (exact) mass is 263 g/mol. The van der Waals surface area contributed by atoms with Gasteiger partial charge in [-0.3, -0.25) is 0 Å². The minimum atomic E-state index is 0.458. The van der Waals surface area contributed by atoms with Crippen molar-refractivity contribution in [1.29, 1.82) is 0 Å². The van der Waals surface area contributed by atoms with Crippen molar-refractivity contribution < 1.29 is 4.74 Å². The largest absolute Gasteiger partial charge is 0.494 e. The minimum absolute atomic E-state index is 0.458. The van der Waals surface area contributed by atoms with Gasteiger partial charge < -0.3 is 10.1 Å². The first kappa shape index (κ1) is 16.0. The molecule has 0 saturated heterocycles. The molecule has 1 atom stereocenters. The van der Waals surface area contributed by atoms with E-state index in [2.05, 4.69) is 57.3 Å². The topological polar surface area (TPSA) is 21.3 Å². The van der Waals surface area contributed by atoms with Gasteiger partial charge in [-0.2, -0.15) is 0 Å². The molecule has 1 rings (SSSR count). The van der Waals surface area contributed by atoms with Crippen LogP contribution in [-0.2, 0) is 0 Å². The third-order valence-electron chi connectivity index (χ3n) is 3.14. The van der Waals surface area contributed by atoms with Crippen LogP contribution in [0.1, 0.15) is 65.0 Å². The highest BCUT2D eigenvalue weighted by Crippen LogP contribution is 2.22. The summed E-state index contributed by atoms with van der Waals surface area (Å²) < 4.78 is 5.63. The Hall–Kier alpha value is -1.02. The molecule has 0 aliphatic heterocycles. The van der Waals surface area contributed by atoms with E-state index >= 15 is 0 Å². The molecule has 0 spiro atoms. The van der Waals surface area contributed by atoms with E-state index < -0.39 is 0 Å². The smallest absolute Gasteiger partial charge is 0.119 e. The lowest BCUT2D eigenvalue weighted by Crippen LogP contribution is -2.28. The van der Waals surface area contributed by atoms with Crippen molar-refractivity contribution >= 4 is 0 Å². The highest BCUT2D eigenvalue weighted by atomic mass is 16.5. The minimum Gasteiger partial charge on any atom is -0.494 e. The molecule has 0 radical (unpaired) electrons. The van der Waals surface area contributed by atoms with Crippen molar-refractivity contribution in [3.05, 3.63) is 29.8 Å². The predicted molar refractivity (Wildman–Crippen MR) is 82.8 cm³/mol. The number of hydrogen-bond donors (Lipinski definition) is 1. The van der Waals surface area contributed by atoms with Gasteiger partial charge >= 0.3 is 0 Å². The second-order valence-electron chi connectivity index (χ2n) is 5.43. The third kappa shape index (κ3) is 6.11. The number of benzene rings is 1. The number of rotatable bonds is 9. The second kappa shape index (κ2) is 8.98. The summed E-state index contributed by atoms with van der Waals surface area (Å²) >= 11 is 0. The first-order chi connectivity index (χ1) is 9.17. The molecule has 19 heavy (non-hydrogen) atoms. The summed E-state index contributed by atoms with van der Waals surface area (Å²) in [5, 5.41) is 3.65. The Morgan fingerprint density at radius 2 is 1.74 bits per heavy atom. The summed E-state index contributed by atoms with van der Waals surface area (Å²) in [6.45, 7) is 9.58. The van der Waals surface area contributed by atoms with Gasteiger partial charge in [-0.05, 0) is 30.5 Å². The molecule has 0 amide bonds. The van der Waals surface area contributed by atoms with Crippen LogP contribution in [0.3, 0.4) is 0 Å². The molecule has 0 heterocycles. The molecule has 1 unspecified atom stereocenters. The summed E-state index contributed by atoms with van der Waals surface area (Å²) in [6.07, 6.45) is 4.76. The number of unbranched alkanes of at least 4 members (excludes halogenated alkanes) is 1. The van der Waals surface area contributed by atoms with E-state index in [1.807, 2.05) is 0 Å². The van der Waals surface area contributed by atoms with Crippen LogP contribution < -0.4 is 10.1 Å². The van der Waals surface area contributed by atoms with Gasteiger partial charge in [-0.15, -0.1) is 0 Å². The van der Waals surface area contributed by atoms with Gasteiger partial charge in [0, 0.05) is 12.1 Å². The number of hydrogen-bond acceptors (Lipinski definition) is 2. The fourth-order valence-corrected chi connectivity index (χ4v) is 2.17. The average Bonchev–Trinajstić information content (AvgIpc) is 2.41. The molecule has 0 saturated carbocycles. The Kier molecular flexibility index (Phi) is 7.57. The lowest BCUT2D eigenvalue weighted by Gasteiger charge is -2.22. The van der Waals surface area contributed by atoms with Crippen LogP contribution in [0, 0.1) is 0 Å². The molecule has 0 fully saturated rings. The van der Waals surface area contributed by atoms with E-state index in [1.54, 1.807) is 0 Å². The molecular formula is C17H29NO. The molecule has 2 nitrogen and oxygen atoms in total. The maximum Gasteiger partial charge on any atom is 0.119 e. The van der Waals surface area contributed by atoms with E-state index in [4.69, 9.17) is 4.74 Å². The van der Waals surface area contributed by atoms with Crippen LogP contribution in [0.25, 0.3) is 0 Å². The van der Waals surface area contributed by atoms with Gasteiger partial charge in [-0.1, -0.05) is 52.7 Å². The number of nitrogens with one attached hydrogen (secondary N) is 1. The molecule has 1 N–H and O–H groups in total. The van der Waals surface area contributed by atoms with E-state index in [-0.39, 0.29) is 0 Å². The van der Waals surface area contributed by atoms with E-state index in [0.717, 1.165) is 18.8 Å². The quantitative estimate of drug-likeness (QED) is 0.697. The van der Waals surface area contributed by atoms with Crippen LogP contribution in [0.15, 0.2) is 24.3 Å². The van der Waals surface area contributed by atoms with E-state index in [1.165, 1.54) is 24.8 Å². The van der Waals surface area contributed by atoms with Crippen LogP contribution >= 0.6 is 0 Å². The standard InChI is InChI=1S/C17H29NO/c1-5-7-8-17(18-14(3)4)15-9-11-16(12-10-15)19-13-6-2/h9-12,14,17-18H,5-8,13H2,1-4H3. The van der Waals surface area contributed by atoms with Crippen molar-refractivity contribution in [1.82, 2.24) is 5.32 Å².